The lowest BCUT2D eigenvalue weighted by molar-refractivity contribution is 0.307. The predicted molar refractivity (Wildman–Crippen MR) is 54.2 cm³/mol. The van der Waals surface area contributed by atoms with E-state index in [0.717, 1.165) is 30.8 Å². The molecule has 0 atom stereocenters. The molecule has 0 aliphatic carbocycles. The van der Waals surface area contributed by atoms with Crippen LogP contribution in [0, 0.1) is 0 Å². The summed E-state index contributed by atoms with van der Waals surface area (Å²) in [7, 11) is 0. The molecule has 1 aromatic rings. The molecule has 2 nitrogen and oxygen atoms in total. The van der Waals surface area contributed by atoms with E-state index in [2.05, 4.69) is 11.9 Å². The van der Waals surface area contributed by atoms with Gasteiger partial charge in [-0.1, -0.05) is 13.3 Å². The summed E-state index contributed by atoms with van der Waals surface area (Å²) in [5, 5.41) is 0. The van der Waals surface area contributed by atoms with Crippen LogP contribution in [0.5, 0.6) is 5.75 Å². The SMILES string of the molecule is CCCCOc1ccncc1CCl. The van der Waals surface area contributed by atoms with E-state index in [0.29, 0.717) is 5.88 Å². The van der Waals surface area contributed by atoms with E-state index < -0.39 is 0 Å². The highest BCUT2D eigenvalue weighted by Gasteiger charge is 2.00. The average Bonchev–Trinajstić information content (AvgIpc) is 2.19. The van der Waals surface area contributed by atoms with E-state index in [-0.39, 0.29) is 0 Å². The number of nitrogens with zero attached hydrogens (tertiary/aromatic N) is 1. The Morgan fingerprint density at radius 1 is 1.54 bits per heavy atom. The molecule has 0 saturated carbocycles. The van der Waals surface area contributed by atoms with Crippen LogP contribution in [0.25, 0.3) is 0 Å². The summed E-state index contributed by atoms with van der Waals surface area (Å²) in [6.45, 7) is 2.89. The third-order valence-corrected chi connectivity index (χ3v) is 2.05. The number of unbranched alkanes of at least 4 members (excludes halogenated alkanes) is 1. The molecule has 72 valence electrons. The highest BCUT2D eigenvalue weighted by Crippen LogP contribution is 2.18. The Bertz CT molecular complexity index is 252. The molecule has 0 saturated heterocycles. The number of pyridine rings is 1. The van der Waals surface area contributed by atoms with Crippen molar-refractivity contribution in [2.24, 2.45) is 0 Å². The number of alkyl halides is 1. The Morgan fingerprint density at radius 2 is 2.38 bits per heavy atom. The van der Waals surface area contributed by atoms with Gasteiger partial charge < -0.3 is 4.74 Å². The first-order valence-corrected chi connectivity index (χ1v) is 5.03. The number of hydrogen-bond donors (Lipinski definition) is 0. The van der Waals surface area contributed by atoms with Crippen molar-refractivity contribution in [2.45, 2.75) is 25.6 Å². The minimum Gasteiger partial charge on any atom is -0.493 e. The summed E-state index contributed by atoms with van der Waals surface area (Å²) >= 11 is 5.72. The average molecular weight is 200 g/mol. The summed E-state index contributed by atoms with van der Waals surface area (Å²) in [6.07, 6.45) is 5.68. The maximum atomic E-state index is 5.72. The fourth-order valence-electron chi connectivity index (χ4n) is 0.982. The maximum absolute atomic E-state index is 5.72. The van der Waals surface area contributed by atoms with Crippen LogP contribution in [0.15, 0.2) is 18.5 Å². The molecule has 0 amide bonds. The fraction of sp³-hybridized carbons (Fsp3) is 0.500. The zero-order valence-corrected chi connectivity index (χ0v) is 8.55. The van der Waals surface area contributed by atoms with Gasteiger partial charge in [-0.15, -0.1) is 11.6 Å². The monoisotopic (exact) mass is 199 g/mol. The van der Waals surface area contributed by atoms with Crippen molar-refractivity contribution in [1.29, 1.82) is 0 Å². The van der Waals surface area contributed by atoms with Crippen LogP contribution in [-0.4, -0.2) is 11.6 Å². The standard InChI is InChI=1S/C10H14ClNO/c1-2-3-6-13-10-4-5-12-8-9(10)7-11/h4-5,8H,2-3,6-7H2,1H3. The van der Waals surface area contributed by atoms with E-state index in [9.17, 15) is 0 Å². The zero-order chi connectivity index (χ0) is 9.52. The highest BCUT2D eigenvalue weighted by molar-refractivity contribution is 6.17. The van der Waals surface area contributed by atoms with Crippen molar-refractivity contribution in [3.05, 3.63) is 24.0 Å². The lowest BCUT2D eigenvalue weighted by atomic mass is 10.3. The summed E-state index contributed by atoms with van der Waals surface area (Å²) in [5.41, 5.74) is 0.959. The lowest BCUT2D eigenvalue weighted by Crippen LogP contribution is -1.99. The Kier molecular flexibility index (Phi) is 4.61. The maximum Gasteiger partial charge on any atom is 0.126 e. The van der Waals surface area contributed by atoms with E-state index >= 15 is 0 Å². The molecule has 0 fully saturated rings. The normalized spacial score (nSPS) is 10.0. The van der Waals surface area contributed by atoms with Gasteiger partial charge in [-0.25, -0.2) is 0 Å². The summed E-state index contributed by atoms with van der Waals surface area (Å²) in [6, 6.07) is 1.85. The molecule has 0 aliphatic heterocycles. The van der Waals surface area contributed by atoms with Crippen LogP contribution < -0.4 is 4.74 Å². The predicted octanol–water partition coefficient (Wildman–Crippen LogP) is 3.00. The first-order valence-electron chi connectivity index (χ1n) is 4.50. The van der Waals surface area contributed by atoms with Gasteiger partial charge in [0.15, 0.2) is 0 Å². The van der Waals surface area contributed by atoms with Crippen LogP contribution in [0.2, 0.25) is 0 Å². The molecule has 0 aromatic carbocycles. The van der Waals surface area contributed by atoms with Crippen LogP contribution in [-0.2, 0) is 5.88 Å². The topological polar surface area (TPSA) is 22.1 Å². The first-order chi connectivity index (χ1) is 6.38. The van der Waals surface area contributed by atoms with E-state index in [1.807, 2.05) is 6.07 Å². The molecule has 0 radical (unpaired) electrons. The van der Waals surface area contributed by atoms with Crippen molar-refractivity contribution in [2.75, 3.05) is 6.61 Å². The molecule has 0 unspecified atom stereocenters. The first kappa shape index (κ1) is 10.3. The van der Waals surface area contributed by atoms with Crippen molar-refractivity contribution in [3.8, 4) is 5.75 Å². The summed E-state index contributed by atoms with van der Waals surface area (Å²) < 4.78 is 5.54. The number of aromatic nitrogens is 1. The van der Waals surface area contributed by atoms with E-state index in [1.54, 1.807) is 12.4 Å². The van der Waals surface area contributed by atoms with Gasteiger partial charge in [0.25, 0.3) is 0 Å². The Hall–Kier alpha value is -0.760. The Labute approximate surface area is 83.9 Å². The minimum absolute atomic E-state index is 0.454. The number of halogens is 1. The zero-order valence-electron chi connectivity index (χ0n) is 7.79. The van der Waals surface area contributed by atoms with Crippen molar-refractivity contribution >= 4 is 11.6 Å². The second kappa shape index (κ2) is 5.81. The second-order valence-electron chi connectivity index (χ2n) is 2.82. The van der Waals surface area contributed by atoms with Crippen LogP contribution in [0.1, 0.15) is 25.3 Å². The number of hydrogen-bond acceptors (Lipinski definition) is 2. The van der Waals surface area contributed by atoms with E-state index in [1.165, 1.54) is 0 Å². The molecule has 0 N–H and O–H groups in total. The lowest BCUT2D eigenvalue weighted by Gasteiger charge is -2.07. The van der Waals surface area contributed by atoms with Crippen molar-refractivity contribution in [3.63, 3.8) is 0 Å². The third kappa shape index (κ3) is 3.23. The second-order valence-corrected chi connectivity index (χ2v) is 3.09. The largest absolute Gasteiger partial charge is 0.493 e. The van der Waals surface area contributed by atoms with Crippen molar-refractivity contribution in [1.82, 2.24) is 4.98 Å². The molecular formula is C10H14ClNO. The minimum atomic E-state index is 0.454. The van der Waals surface area contributed by atoms with Gasteiger partial charge in [0, 0.05) is 18.0 Å². The van der Waals surface area contributed by atoms with Crippen LogP contribution in [0.3, 0.4) is 0 Å². The van der Waals surface area contributed by atoms with Gasteiger partial charge in [0.1, 0.15) is 5.75 Å². The molecule has 1 rings (SSSR count). The van der Waals surface area contributed by atoms with Crippen LogP contribution in [0.4, 0.5) is 0 Å². The third-order valence-electron chi connectivity index (χ3n) is 1.76. The molecule has 0 spiro atoms. The van der Waals surface area contributed by atoms with Gasteiger partial charge in [-0.05, 0) is 12.5 Å². The summed E-state index contributed by atoms with van der Waals surface area (Å²) in [5.74, 6) is 1.31. The van der Waals surface area contributed by atoms with Gasteiger partial charge in [-0.2, -0.15) is 0 Å². The van der Waals surface area contributed by atoms with Gasteiger partial charge in [0.05, 0.1) is 12.5 Å². The van der Waals surface area contributed by atoms with Crippen molar-refractivity contribution < 1.29 is 4.74 Å². The molecule has 3 heteroatoms. The Balaban J connectivity index is 2.54. The Morgan fingerprint density at radius 3 is 3.08 bits per heavy atom. The molecule has 0 bridgehead atoms. The molecule has 1 aromatic heterocycles. The van der Waals surface area contributed by atoms with Gasteiger partial charge in [0.2, 0.25) is 0 Å². The van der Waals surface area contributed by atoms with Crippen LogP contribution >= 0.6 is 11.6 Å². The smallest absolute Gasteiger partial charge is 0.126 e. The highest BCUT2D eigenvalue weighted by atomic mass is 35.5. The number of rotatable bonds is 5. The van der Waals surface area contributed by atoms with Gasteiger partial charge in [-0.3, -0.25) is 4.98 Å². The molecule has 0 aliphatic rings. The molecule has 13 heavy (non-hydrogen) atoms. The fourth-order valence-corrected chi connectivity index (χ4v) is 1.18. The molecular weight excluding hydrogens is 186 g/mol. The number of ether oxygens (including phenoxy) is 1. The quantitative estimate of drug-likeness (QED) is 0.537. The van der Waals surface area contributed by atoms with Gasteiger partial charge >= 0.3 is 0 Å². The van der Waals surface area contributed by atoms with E-state index in [4.69, 9.17) is 16.3 Å². The molecule has 1 heterocycles. The summed E-state index contributed by atoms with van der Waals surface area (Å²) in [4.78, 5) is 3.98.